The maximum absolute atomic E-state index is 12.0. The van der Waals surface area contributed by atoms with E-state index in [1.54, 1.807) is 6.07 Å². The van der Waals surface area contributed by atoms with Crippen molar-refractivity contribution in [3.8, 4) is 6.07 Å². The predicted octanol–water partition coefficient (Wildman–Crippen LogP) is 3.18. The van der Waals surface area contributed by atoms with Crippen molar-refractivity contribution in [1.82, 2.24) is 4.90 Å². The third-order valence-electron chi connectivity index (χ3n) is 3.92. The van der Waals surface area contributed by atoms with Crippen LogP contribution >= 0.6 is 15.9 Å². The van der Waals surface area contributed by atoms with Crippen molar-refractivity contribution in [2.24, 2.45) is 4.99 Å². The van der Waals surface area contributed by atoms with Gasteiger partial charge in [-0.2, -0.15) is 5.26 Å². The van der Waals surface area contributed by atoms with Gasteiger partial charge in [0.05, 0.1) is 24.2 Å². The van der Waals surface area contributed by atoms with Crippen LogP contribution in [-0.4, -0.2) is 29.1 Å². The zero-order valence-electron chi connectivity index (χ0n) is 11.0. The SMILES string of the molecule is N#Cc1cccc(Br)c1N=C1CC(=O)N(C2CCC2)C1. The van der Waals surface area contributed by atoms with Crippen LogP contribution in [0.4, 0.5) is 5.69 Å². The summed E-state index contributed by atoms with van der Waals surface area (Å²) in [7, 11) is 0. The highest BCUT2D eigenvalue weighted by atomic mass is 79.9. The van der Waals surface area contributed by atoms with Gasteiger partial charge in [-0.15, -0.1) is 0 Å². The molecule has 2 aliphatic rings. The summed E-state index contributed by atoms with van der Waals surface area (Å²) in [5.74, 6) is 0.166. The van der Waals surface area contributed by atoms with E-state index in [0.29, 0.717) is 30.3 Å². The first kappa shape index (κ1) is 13.3. The Morgan fingerprint density at radius 1 is 1.40 bits per heavy atom. The van der Waals surface area contributed by atoms with Crippen LogP contribution in [0.15, 0.2) is 27.7 Å². The second-order valence-electron chi connectivity index (χ2n) is 5.21. The average Bonchev–Trinajstić information content (AvgIpc) is 2.71. The molecule has 0 unspecified atom stereocenters. The van der Waals surface area contributed by atoms with Crippen molar-refractivity contribution in [3.05, 3.63) is 28.2 Å². The van der Waals surface area contributed by atoms with Gasteiger partial charge >= 0.3 is 0 Å². The van der Waals surface area contributed by atoms with Crippen LogP contribution in [0.5, 0.6) is 0 Å². The molecular formula is C15H14BrN3O. The van der Waals surface area contributed by atoms with E-state index in [1.165, 1.54) is 6.42 Å². The van der Waals surface area contributed by atoms with E-state index in [1.807, 2.05) is 17.0 Å². The molecule has 1 heterocycles. The summed E-state index contributed by atoms with van der Waals surface area (Å²) in [5, 5.41) is 9.14. The van der Waals surface area contributed by atoms with E-state index in [9.17, 15) is 4.79 Å². The van der Waals surface area contributed by atoms with Gasteiger partial charge in [0.25, 0.3) is 0 Å². The average molecular weight is 332 g/mol. The molecule has 3 rings (SSSR count). The van der Waals surface area contributed by atoms with E-state index in [-0.39, 0.29) is 5.91 Å². The number of amides is 1. The van der Waals surface area contributed by atoms with Gasteiger partial charge in [-0.05, 0) is 47.3 Å². The quantitative estimate of drug-likeness (QED) is 0.835. The summed E-state index contributed by atoms with van der Waals surface area (Å²) >= 11 is 3.42. The third-order valence-corrected chi connectivity index (χ3v) is 4.56. The number of likely N-dealkylation sites (tertiary alicyclic amines) is 1. The highest BCUT2D eigenvalue weighted by Crippen LogP contribution is 2.32. The van der Waals surface area contributed by atoms with Crippen LogP contribution in [0.1, 0.15) is 31.2 Å². The Kier molecular flexibility index (Phi) is 3.58. The number of para-hydroxylation sites is 1. The molecule has 1 saturated heterocycles. The number of benzene rings is 1. The number of carbonyl (C=O) groups excluding carboxylic acids is 1. The minimum atomic E-state index is 0.166. The van der Waals surface area contributed by atoms with Crippen molar-refractivity contribution in [2.75, 3.05) is 6.54 Å². The highest BCUT2D eigenvalue weighted by molar-refractivity contribution is 9.10. The molecule has 1 aliphatic heterocycles. The van der Waals surface area contributed by atoms with Crippen LogP contribution < -0.4 is 0 Å². The monoisotopic (exact) mass is 331 g/mol. The van der Waals surface area contributed by atoms with E-state index >= 15 is 0 Å². The van der Waals surface area contributed by atoms with Crippen molar-refractivity contribution in [1.29, 1.82) is 5.26 Å². The molecule has 1 aromatic carbocycles. The molecule has 0 radical (unpaired) electrons. The standard InChI is InChI=1S/C15H14BrN3O/c16-13-6-1-3-10(8-17)15(13)18-11-7-14(20)19(9-11)12-4-2-5-12/h1,3,6,12H,2,4-5,7,9H2. The molecule has 4 nitrogen and oxygen atoms in total. The number of hydrogen-bond acceptors (Lipinski definition) is 3. The minimum absolute atomic E-state index is 0.166. The Morgan fingerprint density at radius 3 is 2.85 bits per heavy atom. The maximum Gasteiger partial charge on any atom is 0.228 e. The molecule has 1 amide bonds. The number of hydrogen-bond donors (Lipinski definition) is 0. The molecule has 5 heteroatoms. The van der Waals surface area contributed by atoms with Gasteiger partial charge < -0.3 is 4.90 Å². The fourth-order valence-corrected chi connectivity index (χ4v) is 3.05. The van der Waals surface area contributed by atoms with Crippen molar-refractivity contribution in [2.45, 2.75) is 31.7 Å². The fourth-order valence-electron chi connectivity index (χ4n) is 2.60. The third kappa shape index (κ3) is 2.36. The summed E-state index contributed by atoms with van der Waals surface area (Å²) in [5.41, 5.74) is 2.01. The number of nitrogens with zero attached hydrogens (tertiary/aromatic N) is 3. The molecule has 0 aromatic heterocycles. The lowest BCUT2D eigenvalue weighted by molar-refractivity contribution is -0.131. The van der Waals surface area contributed by atoms with Crippen LogP contribution in [0.2, 0.25) is 0 Å². The van der Waals surface area contributed by atoms with Crippen LogP contribution in [0.3, 0.4) is 0 Å². The van der Waals surface area contributed by atoms with Crippen LogP contribution in [0.25, 0.3) is 0 Å². The highest BCUT2D eigenvalue weighted by Gasteiger charge is 2.34. The summed E-state index contributed by atoms with van der Waals surface area (Å²) in [6, 6.07) is 7.96. The molecular weight excluding hydrogens is 318 g/mol. The van der Waals surface area contributed by atoms with Crippen molar-refractivity contribution in [3.63, 3.8) is 0 Å². The molecule has 2 fully saturated rings. The number of halogens is 1. The Labute approximate surface area is 126 Å². The molecule has 1 saturated carbocycles. The number of carbonyl (C=O) groups is 1. The van der Waals surface area contributed by atoms with Crippen LogP contribution in [-0.2, 0) is 4.79 Å². The smallest absolute Gasteiger partial charge is 0.228 e. The second-order valence-corrected chi connectivity index (χ2v) is 6.06. The molecule has 0 atom stereocenters. The summed E-state index contributed by atoms with van der Waals surface area (Å²) < 4.78 is 0.790. The van der Waals surface area contributed by atoms with E-state index in [4.69, 9.17) is 5.26 Å². The molecule has 0 spiro atoms. The van der Waals surface area contributed by atoms with Gasteiger partial charge in [-0.1, -0.05) is 6.07 Å². The molecule has 102 valence electrons. The first-order chi connectivity index (χ1) is 9.69. The minimum Gasteiger partial charge on any atom is -0.334 e. The van der Waals surface area contributed by atoms with E-state index in [0.717, 1.165) is 23.0 Å². The van der Waals surface area contributed by atoms with E-state index < -0.39 is 0 Å². The fraction of sp³-hybridized carbons (Fsp3) is 0.400. The number of rotatable bonds is 2. The lowest BCUT2D eigenvalue weighted by Gasteiger charge is -2.34. The lowest BCUT2D eigenvalue weighted by Crippen LogP contribution is -2.41. The summed E-state index contributed by atoms with van der Waals surface area (Å²) in [6.07, 6.45) is 3.81. The molecule has 1 aromatic rings. The zero-order valence-corrected chi connectivity index (χ0v) is 12.6. The molecule has 1 aliphatic carbocycles. The predicted molar refractivity (Wildman–Crippen MR) is 79.9 cm³/mol. The Hall–Kier alpha value is -1.67. The zero-order chi connectivity index (χ0) is 14.1. The summed E-state index contributed by atoms with van der Waals surface area (Å²) in [6.45, 7) is 0.607. The van der Waals surface area contributed by atoms with Crippen LogP contribution in [0, 0.1) is 11.3 Å². The molecule has 0 bridgehead atoms. The van der Waals surface area contributed by atoms with E-state index in [2.05, 4.69) is 27.0 Å². The van der Waals surface area contributed by atoms with Gasteiger partial charge in [0.2, 0.25) is 5.91 Å². The normalized spacial score (nSPS) is 21.1. The van der Waals surface area contributed by atoms with Gasteiger partial charge in [0.1, 0.15) is 6.07 Å². The number of nitriles is 1. The first-order valence-electron chi connectivity index (χ1n) is 6.73. The lowest BCUT2D eigenvalue weighted by atomic mass is 9.92. The Balaban J connectivity index is 1.87. The Bertz CT molecular complexity index is 628. The Morgan fingerprint density at radius 2 is 2.20 bits per heavy atom. The van der Waals surface area contributed by atoms with Crippen molar-refractivity contribution < 1.29 is 4.79 Å². The number of aliphatic imine (C=N–C) groups is 1. The topological polar surface area (TPSA) is 56.5 Å². The van der Waals surface area contributed by atoms with Gasteiger partial charge in [0, 0.05) is 16.2 Å². The molecule has 0 N–H and O–H groups in total. The largest absolute Gasteiger partial charge is 0.334 e. The first-order valence-corrected chi connectivity index (χ1v) is 7.53. The van der Waals surface area contributed by atoms with Crippen molar-refractivity contribution >= 4 is 33.2 Å². The maximum atomic E-state index is 12.0. The van der Waals surface area contributed by atoms with Gasteiger partial charge in [0.15, 0.2) is 0 Å². The van der Waals surface area contributed by atoms with Gasteiger partial charge in [-0.3, -0.25) is 9.79 Å². The molecule has 20 heavy (non-hydrogen) atoms. The summed E-state index contributed by atoms with van der Waals surface area (Å²) in [4.78, 5) is 18.5. The van der Waals surface area contributed by atoms with Gasteiger partial charge in [-0.25, -0.2) is 0 Å². The second kappa shape index (κ2) is 5.37.